The lowest BCUT2D eigenvalue weighted by atomic mass is 9.92. The van der Waals surface area contributed by atoms with Gasteiger partial charge in [0, 0.05) is 10.9 Å². The van der Waals surface area contributed by atoms with E-state index in [1.165, 1.54) is 5.57 Å². The van der Waals surface area contributed by atoms with E-state index in [9.17, 15) is 4.79 Å². The zero-order chi connectivity index (χ0) is 12.4. The second kappa shape index (κ2) is 4.92. The number of carbonyl (C=O) groups excluding carboxylic acids is 1. The molecular formula is C14H15ClO2. The minimum Gasteiger partial charge on any atom is -0.487 e. The molecule has 3 heteroatoms. The summed E-state index contributed by atoms with van der Waals surface area (Å²) in [4.78, 5) is 10.8. The molecule has 0 saturated carbocycles. The Morgan fingerprint density at radius 1 is 1.47 bits per heavy atom. The fourth-order valence-electron chi connectivity index (χ4n) is 2.20. The molecule has 2 rings (SSSR count). The Kier molecular flexibility index (Phi) is 3.53. The zero-order valence-corrected chi connectivity index (χ0v) is 10.7. The first-order valence-corrected chi connectivity index (χ1v) is 6.05. The molecule has 0 N–H and O–H groups in total. The molecule has 0 amide bonds. The van der Waals surface area contributed by atoms with Crippen LogP contribution in [0.4, 0.5) is 0 Å². The molecule has 2 nitrogen and oxygen atoms in total. The Bertz CT molecular complexity index is 465. The number of carbonyl (C=O) groups is 1. The zero-order valence-electron chi connectivity index (χ0n) is 9.94. The number of hydrogen-bond acceptors (Lipinski definition) is 2. The van der Waals surface area contributed by atoms with Gasteiger partial charge in [-0.1, -0.05) is 30.7 Å². The summed E-state index contributed by atoms with van der Waals surface area (Å²) in [5.41, 5.74) is 2.33. The molecule has 1 aliphatic heterocycles. The minimum atomic E-state index is -0.329. The summed E-state index contributed by atoms with van der Waals surface area (Å²) in [6.45, 7) is 3.94. The number of allylic oxidation sites excluding steroid dienone is 1. The van der Waals surface area contributed by atoms with Crippen LogP contribution >= 0.6 is 11.6 Å². The average Bonchev–Trinajstić information content (AvgIpc) is 2.56. The van der Waals surface area contributed by atoms with Crippen LogP contribution in [0.25, 0.3) is 0 Å². The monoisotopic (exact) mass is 250 g/mol. The maximum atomic E-state index is 10.8. The Morgan fingerprint density at radius 3 is 2.82 bits per heavy atom. The van der Waals surface area contributed by atoms with Gasteiger partial charge in [-0.3, -0.25) is 4.79 Å². The average molecular weight is 251 g/mol. The van der Waals surface area contributed by atoms with E-state index in [-0.39, 0.29) is 12.0 Å². The predicted octanol–water partition coefficient (Wildman–Crippen LogP) is 3.39. The van der Waals surface area contributed by atoms with Crippen LogP contribution in [0.1, 0.15) is 19.4 Å². The molecule has 2 atom stereocenters. The van der Waals surface area contributed by atoms with Crippen molar-refractivity contribution in [2.24, 2.45) is 5.92 Å². The van der Waals surface area contributed by atoms with Gasteiger partial charge in [0.15, 0.2) is 12.4 Å². The van der Waals surface area contributed by atoms with E-state index in [1.807, 2.05) is 38.1 Å². The van der Waals surface area contributed by atoms with E-state index in [0.717, 1.165) is 29.1 Å². The summed E-state index contributed by atoms with van der Waals surface area (Å²) < 4.78 is 5.52. The Hall–Kier alpha value is -1.28. The second-order valence-corrected chi connectivity index (χ2v) is 4.83. The lowest BCUT2D eigenvalue weighted by molar-refractivity contribution is -0.116. The Balaban J connectivity index is 2.19. The summed E-state index contributed by atoms with van der Waals surface area (Å²) in [5.74, 6) is 1.01. The van der Waals surface area contributed by atoms with Gasteiger partial charge < -0.3 is 4.74 Å². The van der Waals surface area contributed by atoms with Crippen LogP contribution < -0.4 is 0 Å². The predicted molar refractivity (Wildman–Crippen MR) is 68.0 cm³/mol. The standard InChI is InChI=1S/C14H15ClO2/c1-9-13(10(2)17-14(9)8-16)7-11-4-3-5-12(15)6-11/h3-6,8-9,14H,7H2,1-2H3. The van der Waals surface area contributed by atoms with Crippen molar-refractivity contribution in [3.63, 3.8) is 0 Å². The number of ether oxygens (including phenoxy) is 1. The van der Waals surface area contributed by atoms with Gasteiger partial charge in [0.2, 0.25) is 0 Å². The summed E-state index contributed by atoms with van der Waals surface area (Å²) in [5, 5.41) is 0.735. The van der Waals surface area contributed by atoms with E-state index in [0.29, 0.717) is 0 Å². The molecular weight excluding hydrogens is 236 g/mol. The lowest BCUT2D eigenvalue weighted by Gasteiger charge is -2.11. The highest BCUT2D eigenvalue weighted by atomic mass is 35.5. The summed E-state index contributed by atoms with van der Waals surface area (Å²) in [6, 6.07) is 7.77. The van der Waals surface area contributed by atoms with Crippen molar-refractivity contribution < 1.29 is 9.53 Å². The molecule has 0 aromatic heterocycles. The fraction of sp³-hybridized carbons (Fsp3) is 0.357. The van der Waals surface area contributed by atoms with Crippen molar-refractivity contribution in [1.82, 2.24) is 0 Å². The highest BCUT2D eigenvalue weighted by Gasteiger charge is 2.30. The van der Waals surface area contributed by atoms with Crippen LogP contribution in [-0.4, -0.2) is 12.4 Å². The first-order valence-electron chi connectivity index (χ1n) is 5.68. The van der Waals surface area contributed by atoms with E-state index in [4.69, 9.17) is 16.3 Å². The SMILES string of the molecule is CC1=C(Cc2cccc(Cl)c2)C(C)C(C=O)O1. The van der Waals surface area contributed by atoms with Crippen molar-refractivity contribution in [1.29, 1.82) is 0 Å². The van der Waals surface area contributed by atoms with Gasteiger partial charge >= 0.3 is 0 Å². The summed E-state index contributed by atoms with van der Waals surface area (Å²) in [6.07, 6.45) is 1.33. The van der Waals surface area contributed by atoms with Gasteiger partial charge in [0.1, 0.15) is 0 Å². The summed E-state index contributed by atoms with van der Waals surface area (Å²) in [7, 11) is 0. The largest absolute Gasteiger partial charge is 0.487 e. The third-order valence-corrected chi connectivity index (χ3v) is 3.46. The van der Waals surface area contributed by atoms with Crippen molar-refractivity contribution in [2.45, 2.75) is 26.4 Å². The Morgan fingerprint density at radius 2 is 2.24 bits per heavy atom. The van der Waals surface area contributed by atoms with Crippen LogP contribution in [0.5, 0.6) is 0 Å². The first kappa shape index (κ1) is 12.2. The van der Waals surface area contributed by atoms with Gasteiger partial charge in [0.25, 0.3) is 0 Å². The molecule has 1 aromatic carbocycles. The van der Waals surface area contributed by atoms with Crippen molar-refractivity contribution in [2.75, 3.05) is 0 Å². The van der Waals surface area contributed by atoms with E-state index < -0.39 is 0 Å². The summed E-state index contributed by atoms with van der Waals surface area (Å²) >= 11 is 5.96. The normalized spacial score (nSPS) is 23.7. The fourth-order valence-corrected chi connectivity index (χ4v) is 2.41. The molecule has 17 heavy (non-hydrogen) atoms. The molecule has 0 aliphatic carbocycles. The topological polar surface area (TPSA) is 26.3 Å². The first-order chi connectivity index (χ1) is 8.11. The molecule has 1 aromatic rings. The van der Waals surface area contributed by atoms with E-state index >= 15 is 0 Å². The van der Waals surface area contributed by atoms with Crippen LogP contribution in [0.15, 0.2) is 35.6 Å². The van der Waals surface area contributed by atoms with Gasteiger partial charge in [-0.15, -0.1) is 0 Å². The molecule has 0 bridgehead atoms. The third-order valence-electron chi connectivity index (χ3n) is 3.23. The number of rotatable bonds is 3. The number of halogens is 1. The van der Waals surface area contributed by atoms with Crippen LogP contribution in [0.2, 0.25) is 5.02 Å². The highest BCUT2D eigenvalue weighted by molar-refractivity contribution is 6.30. The smallest absolute Gasteiger partial charge is 0.161 e. The molecule has 2 unspecified atom stereocenters. The molecule has 0 spiro atoms. The molecule has 0 radical (unpaired) electrons. The number of aldehydes is 1. The van der Waals surface area contributed by atoms with Crippen LogP contribution in [0.3, 0.4) is 0 Å². The second-order valence-electron chi connectivity index (χ2n) is 4.40. The molecule has 1 heterocycles. The highest BCUT2D eigenvalue weighted by Crippen LogP contribution is 2.32. The Labute approximate surface area is 106 Å². The third kappa shape index (κ3) is 2.52. The maximum Gasteiger partial charge on any atom is 0.161 e. The van der Waals surface area contributed by atoms with E-state index in [2.05, 4.69) is 0 Å². The van der Waals surface area contributed by atoms with Crippen LogP contribution in [0, 0.1) is 5.92 Å². The van der Waals surface area contributed by atoms with E-state index in [1.54, 1.807) is 0 Å². The molecule has 0 saturated heterocycles. The molecule has 90 valence electrons. The van der Waals surface area contributed by atoms with Crippen molar-refractivity contribution in [3.8, 4) is 0 Å². The van der Waals surface area contributed by atoms with Gasteiger partial charge in [-0.2, -0.15) is 0 Å². The van der Waals surface area contributed by atoms with Gasteiger partial charge in [0.05, 0.1) is 5.76 Å². The minimum absolute atomic E-state index is 0.145. The van der Waals surface area contributed by atoms with Gasteiger partial charge in [-0.05, 0) is 36.6 Å². The van der Waals surface area contributed by atoms with Crippen molar-refractivity contribution in [3.05, 3.63) is 46.2 Å². The lowest BCUT2D eigenvalue weighted by Crippen LogP contribution is -2.17. The quantitative estimate of drug-likeness (QED) is 0.769. The molecule has 0 fully saturated rings. The van der Waals surface area contributed by atoms with Crippen molar-refractivity contribution >= 4 is 17.9 Å². The van der Waals surface area contributed by atoms with Gasteiger partial charge in [-0.25, -0.2) is 0 Å². The number of hydrogen-bond donors (Lipinski definition) is 0. The number of benzene rings is 1. The van der Waals surface area contributed by atoms with Crippen LogP contribution in [-0.2, 0) is 16.0 Å². The maximum absolute atomic E-state index is 10.8. The molecule has 1 aliphatic rings.